The molecule has 0 amide bonds. The van der Waals surface area contributed by atoms with Gasteiger partial charge in [0.1, 0.15) is 0 Å². The van der Waals surface area contributed by atoms with Crippen molar-refractivity contribution < 1.29 is 0 Å². The molecule has 2 heterocycles. The van der Waals surface area contributed by atoms with E-state index in [0.717, 1.165) is 17.0 Å². The molecule has 2 rings (SSSR count). The molecule has 5 heteroatoms. The number of nitrogens with zero attached hydrogens (tertiary/aromatic N) is 4. The summed E-state index contributed by atoms with van der Waals surface area (Å²) in [5.41, 5.74) is 9.08. The highest BCUT2D eigenvalue weighted by Crippen LogP contribution is 2.20. The average molecular weight is 205 g/mol. The quantitative estimate of drug-likeness (QED) is 0.777. The first-order valence-corrected chi connectivity index (χ1v) is 4.83. The van der Waals surface area contributed by atoms with Gasteiger partial charge in [0.2, 0.25) is 0 Å². The third kappa shape index (κ3) is 1.66. The third-order valence-electron chi connectivity index (χ3n) is 2.66. The third-order valence-corrected chi connectivity index (χ3v) is 2.66. The first-order valence-electron chi connectivity index (χ1n) is 4.83. The zero-order valence-electron chi connectivity index (χ0n) is 9.18. The number of nitrogens with two attached hydrogens (primary N) is 1. The topological polar surface area (TPSA) is 61.7 Å². The zero-order chi connectivity index (χ0) is 11.0. The summed E-state index contributed by atoms with van der Waals surface area (Å²) in [6, 6.07) is 1.73. The minimum atomic E-state index is -0.195. The van der Waals surface area contributed by atoms with Crippen LogP contribution in [0.25, 0.3) is 0 Å². The molecule has 0 radical (unpaired) electrons. The van der Waals surface area contributed by atoms with E-state index in [2.05, 4.69) is 10.2 Å². The SMILES string of the molecule is Cc1c(C(N)c2ccn(C)n2)cnn1C. The molecule has 80 valence electrons. The van der Waals surface area contributed by atoms with Crippen LogP contribution in [0.1, 0.15) is 23.0 Å². The molecule has 1 unspecified atom stereocenters. The van der Waals surface area contributed by atoms with Crippen molar-refractivity contribution in [2.45, 2.75) is 13.0 Å². The smallest absolute Gasteiger partial charge is 0.0838 e. The van der Waals surface area contributed by atoms with Gasteiger partial charge in [-0.15, -0.1) is 0 Å². The Morgan fingerprint density at radius 3 is 2.60 bits per heavy atom. The predicted molar refractivity (Wildman–Crippen MR) is 57.2 cm³/mol. The van der Waals surface area contributed by atoms with E-state index in [-0.39, 0.29) is 6.04 Å². The van der Waals surface area contributed by atoms with Crippen LogP contribution in [0.15, 0.2) is 18.5 Å². The molecule has 2 aromatic rings. The summed E-state index contributed by atoms with van der Waals surface area (Å²) in [7, 11) is 3.79. The maximum Gasteiger partial charge on any atom is 0.0838 e. The fraction of sp³-hybridized carbons (Fsp3) is 0.400. The normalized spacial score (nSPS) is 13.1. The summed E-state index contributed by atoms with van der Waals surface area (Å²) in [5.74, 6) is 0. The molecule has 0 aromatic carbocycles. The molecule has 0 aliphatic rings. The Morgan fingerprint density at radius 1 is 1.40 bits per heavy atom. The lowest BCUT2D eigenvalue weighted by Crippen LogP contribution is -2.13. The van der Waals surface area contributed by atoms with Gasteiger partial charge in [-0.25, -0.2) is 0 Å². The van der Waals surface area contributed by atoms with Gasteiger partial charge in [-0.05, 0) is 13.0 Å². The second-order valence-electron chi connectivity index (χ2n) is 3.70. The van der Waals surface area contributed by atoms with E-state index >= 15 is 0 Å². The Morgan fingerprint density at radius 2 is 2.13 bits per heavy atom. The maximum absolute atomic E-state index is 6.11. The number of aryl methyl sites for hydroxylation is 2. The van der Waals surface area contributed by atoms with Crippen molar-refractivity contribution in [3.05, 3.63) is 35.4 Å². The molecule has 15 heavy (non-hydrogen) atoms. The Kier molecular flexibility index (Phi) is 2.32. The van der Waals surface area contributed by atoms with E-state index in [0.29, 0.717) is 0 Å². The van der Waals surface area contributed by atoms with E-state index in [1.54, 1.807) is 10.9 Å². The summed E-state index contributed by atoms with van der Waals surface area (Å²) in [6.07, 6.45) is 3.69. The number of hydrogen-bond acceptors (Lipinski definition) is 3. The number of hydrogen-bond donors (Lipinski definition) is 1. The van der Waals surface area contributed by atoms with Gasteiger partial charge in [0, 0.05) is 31.5 Å². The summed E-state index contributed by atoms with van der Waals surface area (Å²) >= 11 is 0. The van der Waals surface area contributed by atoms with Crippen LogP contribution in [0.4, 0.5) is 0 Å². The molecule has 1 atom stereocenters. The van der Waals surface area contributed by atoms with Crippen molar-refractivity contribution in [1.82, 2.24) is 19.6 Å². The molecule has 0 saturated carbocycles. The molecule has 2 aromatic heterocycles. The maximum atomic E-state index is 6.11. The second-order valence-corrected chi connectivity index (χ2v) is 3.70. The first kappa shape index (κ1) is 9.92. The zero-order valence-corrected chi connectivity index (χ0v) is 9.18. The van der Waals surface area contributed by atoms with Crippen LogP contribution in [0.5, 0.6) is 0 Å². The summed E-state index contributed by atoms with van der Waals surface area (Å²) < 4.78 is 3.57. The van der Waals surface area contributed by atoms with Crippen molar-refractivity contribution in [3.8, 4) is 0 Å². The Labute approximate surface area is 88.5 Å². The van der Waals surface area contributed by atoms with Crippen molar-refractivity contribution >= 4 is 0 Å². The van der Waals surface area contributed by atoms with Gasteiger partial charge in [0.15, 0.2) is 0 Å². The average Bonchev–Trinajstić information content (AvgIpc) is 2.75. The lowest BCUT2D eigenvalue weighted by molar-refractivity contribution is 0.707. The van der Waals surface area contributed by atoms with Gasteiger partial charge in [-0.2, -0.15) is 10.2 Å². The Hall–Kier alpha value is -1.62. The van der Waals surface area contributed by atoms with Crippen LogP contribution in [0.2, 0.25) is 0 Å². The van der Waals surface area contributed by atoms with Crippen molar-refractivity contribution in [3.63, 3.8) is 0 Å². The molecule has 0 spiro atoms. The molecule has 0 saturated heterocycles. The van der Waals surface area contributed by atoms with Crippen molar-refractivity contribution in [1.29, 1.82) is 0 Å². The molecule has 0 aliphatic heterocycles. The monoisotopic (exact) mass is 205 g/mol. The first-order chi connectivity index (χ1) is 7.09. The van der Waals surface area contributed by atoms with Crippen LogP contribution in [-0.2, 0) is 14.1 Å². The van der Waals surface area contributed by atoms with Gasteiger partial charge < -0.3 is 5.73 Å². The lowest BCUT2D eigenvalue weighted by atomic mass is 10.1. The molecular formula is C10H15N5. The predicted octanol–water partition coefficient (Wildman–Crippen LogP) is 0.510. The van der Waals surface area contributed by atoms with E-state index in [1.807, 2.05) is 38.0 Å². The van der Waals surface area contributed by atoms with Crippen molar-refractivity contribution in [2.24, 2.45) is 19.8 Å². The van der Waals surface area contributed by atoms with E-state index in [9.17, 15) is 0 Å². The van der Waals surface area contributed by atoms with Crippen molar-refractivity contribution in [2.75, 3.05) is 0 Å². The van der Waals surface area contributed by atoms with Crippen LogP contribution in [0.3, 0.4) is 0 Å². The molecule has 2 N–H and O–H groups in total. The van der Waals surface area contributed by atoms with Gasteiger partial charge in [-0.3, -0.25) is 9.36 Å². The Bertz CT molecular complexity index is 468. The highest BCUT2D eigenvalue weighted by Gasteiger charge is 2.16. The van der Waals surface area contributed by atoms with E-state index in [4.69, 9.17) is 5.73 Å². The fourth-order valence-electron chi connectivity index (χ4n) is 1.58. The van der Waals surface area contributed by atoms with Crippen LogP contribution < -0.4 is 5.73 Å². The minimum absolute atomic E-state index is 0.195. The minimum Gasteiger partial charge on any atom is -0.319 e. The molecule has 5 nitrogen and oxygen atoms in total. The number of rotatable bonds is 2. The highest BCUT2D eigenvalue weighted by molar-refractivity contribution is 5.27. The van der Waals surface area contributed by atoms with Crippen LogP contribution in [0, 0.1) is 6.92 Å². The standard InChI is InChI=1S/C10H15N5/c1-7-8(6-12-15(7)3)10(11)9-4-5-14(2)13-9/h4-6,10H,11H2,1-3H3. The fourth-order valence-corrected chi connectivity index (χ4v) is 1.58. The highest BCUT2D eigenvalue weighted by atomic mass is 15.3. The molecule has 0 aliphatic carbocycles. The summed E-state index contributed by atoms with van der Waals surface area (Å²) in [4.78, 5) is 0. The van der Waals surface area contributed by atoms with Crippen LogP contribution in [-0.4, -0.2) is 19.6 Å². The molecule has 0 bridgehead atoms. The van der Waals surface area contributed by atoms with E-state index in [1.165, 1.54) is 0 Å². The van der Waals surface area contributed by atoms with Gasteiger partial charge in [0.05, 0.1) is 17.9 Å². The number of aromatic nitrogens is 4. The van der Waals surface area contributed by atoms with E-state index < -0.39 is 0 Å². The van der Waals surface area contributed by atoms with Gasteiger partial charge in [-0.1, -0.05) is 0 Å². The van der Waals surface area contributed by atoms with Gasteiger partial charge in [0.25, 0.3) is 0 Å². The summed E-state index contributed by atoms with van der Waals surface area (Å²) in [5, 5.41) is 8.46. The largest absolute Gasteiger partial charge is 0.319 e. The molecule has 0 fully saturated rings. The Balaban J connectivity index is 2.36. The van der Waals surface area contributed by atoms with Gasteiger partial charge >= 0.3 is 0 Å². The molecular weight excluding hydrogens is 190 g/mol. The van der Waals surface area contributed by atoms with Crippen LogP contribution >= 0.6 is 0 Å². The summed E-state index contributed by atoms with van der Waals surface area (Å²) in [6.45, 7) is 2.01. The second kappa shape index (κ2) is 3.51. The lowest BCUT2D eigenvalue weighted by Gasteiger charge is -2.07.